The monoisotopic (exact) mass is 404 g/mol. The van der Waals surface area contributed by atoms with Gasteiger partial charge in [-0.1, -0.05) is 12.1 Å². The Labute approximate surface area is 143 Å². The standard InChI is InChI=1S/C15H12BrF3N2O3/c16-11-3-1-2-9(6-7-20-14(22)23)13(11)24-12-5-4-10(8-21-12)15(17,18)19/h1-5,8,20H,6-7H2,(H,22,23). The largest absolute Gasteiger partial charge is 0.465 e. The molecule has 9 heteroatoms. The second-order valence-electron chi connectivity index (χ2n) is 4.69. The van der Waals surface area contributed by atoms with Crippen LogP contribution in [0.1, 0.15) is 11.1 Å². The predicted octanol–water partition coefficient (Wildman–Crippen LogP) is 4.47. The van der Waals surface area contributed by atoms with Crippen LogP contribution in [0.2, 0.25) is 0 Å². The quantitative estimate of drug-likeness (QED) is 0.771. The van der Waals surface area contributed by atoms with Gasteiger partial charge in [-0.25, -0.2) is 9.78 Å². The summed E-state index contributed by atoms with van der Waals surface area (Å²) in [6, 6.07) is 7.18. The summed E-state index contributed by atoms with van der Waals surface area (Å²) in [4.78, 5) is 14.2. The number of ether oxygens (including phenoxy) is 1. The lowest BCUT2D eigenvalue weighted by atomic mass is 10.1. The smallest absolute Gasteiger partial charge is 0.417 e. The summed E-state index contributed by atoms with van der Waals surface area (Å²) < 4.78 is 43.8. The first kappa shape index (κ1) is 18.1. The van der Waals surface area contributed by atoms with E-state index < -0.39 is 17.8 Å². The van der Waals surface area contributed by atoms with E-state index in [-0.39, 0.29) is 12.4 Å². The van der Waals surface area contributed by atoms with Gasteiger partial charge in [0.1, 0.15) is 5.75 Å². The van der Waals surface area contributed by atoms with Crippen molar-refractivity contribution in [2.45, 2.75) is 12.6 Å². The maximum atomic E-state index is 12.5. The molecule has 0 fully saturated rings. The highest BCUT2D eigenvalue weighted by atomic mass is 79.9. The number of para-hydroxylation sites is 1. The number of alkyl halides is 3. The van der Waals surface area contributed by atoms with Crippen LogP contribution in [0, 0.1) is 0 Å². The Hall–Kier alpha value is -2.29. The zero-order valence-corrected chi connectivity index (χ0v) is 13.7. The molecule has 5 nitrogen and oxygen atoms in total. The lowest BCUT2D eigenvalue weighted by molar-refractivity contribution is -0.137. The molecule has 0 aliphatic heterocycles. The van der Waals surface area contributed by atoms with E-state index in [0.29, 0.717) is 28.4 Å². The van der Waals surface area contributed by atoms with Crippen molar-refractivity contribution in [3.63, 3.8) is 0 Å². The number of amides is 1. The molecule has 0 saturated carbocycles. The fourth-order valence-electron chi connectivity index (χ4n) is 1.88. The third-order valence-corrected chi connectivity index (χ3v) is 3.61. The third-order valence-electron chi connectivity index (χ3n) is 2.99. The summed E-state index contributed by atoms with van der Waals surface area (Å²) in [6.07, 6.45) is -4.57. The molecule has 0 atom stereocenters. The van der Waals surface area contributed by atoms with Crippen LogP contribution in [0.25, 0.3) is 0 Å². The van der Waals surface area contributed by atoms with E-state index in [1.54, 1.807) is 18.2 Å². The number of hydrogen-bond acceptors (Lipinski definition) is 3. The van der Waals surface area contributed by atoms with E-state index in [4.69, 9.17) is 9.84 Å². The molecule has 2 N–H and O–H groups in total. The SMILES string of the molecule is O=C(O)NCCc1cccc(Br)c1Oc1ccc(C(F)(F)F)cn1. The second-order valence-corrected chi connectivity index (χ2v) is 5.55. The van der Waals surface area contributed by atoms with Crippen LogP contribution in [0.3, 0.4) is 0 Å². The number of carbonyl (C=O) groups is 1. The van der Waals surface area contributed by atoms with Gasteiger partial charge in [0.25, 0.3) is 0 Å². The Morgan fingerprint density at radius 3 is 2.62 bits per heavy atom. The van der Waals surface area contributed by atoms with E-state index >= 15 is 0 Å². The second kappa shape index (κ2) is 7.52. The predicted molar refractivity (Wildman–Crippen MR) is 83.2 cm³/mol. The van der Waals surface area contributed by atoms with Crippen molar-refractivity contribution in [2.75, 3.05) is 6.54 Å². The van der Waals surface area contributed by atoms with Crippen LogP contribution >= 0.6 is 15.9 Å². The van der Waals surface area contributed by atoms with Gasteiger partial charge < -0.3 is 15.2 Å². The normalized spacial score (nSPS) is 11.2. The molecule has 1 aromatic heterocycles. The van der Waals surface area contributed by atoms with Crippen molar-refractivity contribution in [3.8, 4) is 11.6 Å². The molecule has 1 heterocycles. The molecule has 0 spiro atoms. The first-order valence-electron chi connectivity index (χ1n) is 6.72. The number of carboxylic acid groups (broad SMARTS) is 1. The van der Waals surface area contributed by atoms with Gasteiger partial charge in [0.2, 0.25) is 5.88 Å². The molecule has 1 amide bonds. The molecule has 24 heavy (non-hydrogen) atoms. The fourth-order valence-corrected chi connectivity index (χ4v) is 2.37. The summed E-state index contributed by atoms with van der Waals surface area (Å²) in [6.45, 7) is 0.169. The molecule has 2 rings (SSSR count). The number of benzene rings is 1. The van der Waals surface area contributed by atoms with E-state index in [0.717, 1.165) is 12.1 Å². The molecule has 0 saturated heterocycles. The van der Waals surface area contributed by atoms with E-state index in [1.165, 1.54) is 0 Å². The number of nitrogens with zero attached hydrogens (tertiary/aromatic N) is 1. The van der Waals surface area contributed by atoms with E-state index in [2.05, 4.69) is 26.2 Å². The van der Waals surface area contributed by atoms with Gasteiger partial charge >= 0.3 is 12.3 Å². The van der Waals surface area contributed by atoms with Gasteiger partial charge in [0, 0.05) is 18.8 Å². The lowest BCUT2D eigenvalue weighted by Gasteiger charge is -2.13. The molecule has 1 aromatic carbocycles. The Bertz CT molecular complexity index is 721. The molecule has 128 valence electrons. The van der Waals surface area contributed by atoms with Gasteiger partial charge in [-0.15, -0.1) is 0 Å². The van der Waals surface area contributed by atoms with Crippen LogP contribution in [-0.2, 0) is 12.6 Å². The third kappa shape index (κ3) is 4.85. The minimum absolute atomic E-state index is 0.00217. The summed E-state index contributed by atoms with van der Waals surface area (Å²) in [5.41, 5.74) is -0.187. The number of rotatable bonds is 5. The van der Waals surface area contributed by atoms with Crippen LogP contribution in [-0.4, -0.2) is 22.7 Å². The number of aromatic nitrogens is 1. The van der Waals surface area contributed by atoms with Crippen molar-refractivity contribution < 1.29 is 27.8 Å². The zero-order chi connectivity index (χ0) is 17.7. The Morgan fingerprint density at radius 2 is 2.04 bits per heavy atom. The Balaban J connectivity index is 2.18. The average molecular weight is 405 g/mol. The highest BCUT2D eigenvalue weighted by molar-refractivity contribution is 9.10. The van der Waals surface area contributed by atoms with Crippen molar-refractivity contribution in [3.05, 3.63) is 52.1 Å². The first-order chi connectivity index (χ1) is 11.3. The molecule has 0 radical (unpaired) electrons. The maximum Gasteiger partial charge on any atom is 0.417 e. The zero-order valence-electron chi connectivity index (χ0n) is 12.1. The van der Waals surface area contributed by atoms with Gasteiger partial charge in [-0.05, 0) is 40.0 Å². The maximum absolute atomic E-state index is 12.5. The highest BCUT2D eigenvalue weighted by Gasteiger charge is 2.30. The summed E-state index contributed by atoms with van der Waals surface area (Å²) in [5.74, 6) is 0.374. The number of halogens is 4. The van der Waals surface area contributed by atoms with Crippen molar-refractivity contribution in [1.82, 2.24) is 10.3 Å². The van der Waals surface area contributed by atoms with Crippen LogP contribution in [0.5, 0.6) is 11.6 Å². The van der Waals surface area contributed by atoms with Gasteiger partial charge in [0.15, 0.2) is 0 Å². The number of pyridine rings is 1. The van der Waals surface area contributed by atoms with E-state index in [9.17, 15) is 18.0 Å². The van der Waals surface area contributed by atoms with E-state index in [1.807, 2.05) is 0 Å². The molecule has 2 aromatic rings. The van der Waals surface area contributed by atoms with Crippen molar-refractivity contribution in [1.29, 1.82) is 0 Å². The van der Waals surface area contributed by atoms with Crippen molar-refractivity contribution >= 4 is 22.0 Å². The molecule has 0 unspecified atom stereocenters. The van der Waals surface area contributed by atoms with Crippen LogP contribution in [0.15, 0.2) is 41.0 Å². The van der Waals surface area contributed by atoms with Gasteiger partial charge in [-0.2, -0.15) is 13.2 Å². The minimum Gasteiger partial charge on any atom is -0.465 e. The van der Waals surface area contributed by atoms with Crippen LogP contribution in [0.4, 0.5) is 18.0 Å². The Kier molecular flexibility index (Phi) is 5.66. The highest BCUT2D eigenvalue weighted by Crippen LogP contribution is 2.34. The average Bonchev–Trinajstić information content (AvgIpc) is 2.50. The van der Waals surface area contributed by atoms with Crippen molar-refractivity contribution in [2.24, 2.45) is 0 Å². The minimum atomic E-state index is -4.47. The molecule has 0 aliphatic rings. The summed E-state index contributed by atoms with van der Waals surface area (Å²) in [7, 11) is 0. The van der Waals surface area contributed by atoms with Gasteiger partial charge in [-0.3, -0.25) is 0 Å². The summed E-state index contributed by atoms with van der Waals surface area (Å²) >= 11 is 3.30. The number of nitrogens with one attached hydrogen (secondary N) is 1. The number of hydrogen-bond donors (Lipinski definition) is 2. The molecular weight excluding hydrogens is 393 g/mol. The van der Waals surface area contributed by atoms with Crippen LogP contribution < -0.4 is 10.1 Å². The fraction of sp³-hybridized carbons (Fsp3) is 0.200. The molecule has 0 bridgehead atoms. The topological polar surface area (TPSA) is 71.5 Å². The Morgan fingerprint density at radius 1 is 1.29 bits per heavy atom. The molecular formula is C15H12BrF3N2O3. The lowest BCUT2D eigenvalue weighted by Crippen LogP contribution is -2.23. The first-order valence-corrected chi connectivity index (χ1v) is 7.52. The van der Waals surface area contributed by atoms with Gasteiger partial charge in [0.05, 0.1) is 10.0 Å². The summed E-state index contributed by atoms with van der Waals surface area (Å²) in [5, 5.41) is 10.8. The molecule has 0 aliphatic carbocycles.